The number of likely N-dealkylation sites (tertiary alicyclic amines) is 1. The fourth-order valence-corrected chi connectivity index (χ4v) is 4.55. The van der Waals surface area contributed by atoms with Crippen LogP contribution in [0.4, 0.5) is 0 Å². The summed E-state index contributed by atoms with van der Waals surface area (Å²) < 4.78 is 6.05. The van der Waals surface area contributed by atoms with E-state index in [2.05, 4.69) is 44.4 Å². The maximum Gasteiger partial charge on any atom is 0.108 e. The van der Waals surface area contributed by atoms with Crippen molar-refractivity contribution in [3.8, 4) is 11.8 Å². The average Bonchev–Trinajstić information content (AvgIpc) is 2.72. The Morgan fingerprint density at radius 3 is 2.10 bits per heavy atom. The van der Waals surface area contributed by atoms with E-state index in [1.807, 2.05) is 0 Å². The van der Waals surface area contributed by atoms with Gasteiger partial charge >= 0.3 is 0 Å². The zero-order valence-corrected chi connectivity index (χ0v) is 20.3. The lowest BCUT2D eigenvalue weighted by Gasteiger charge is -2.34. The molecular formula is C27H51NO. The van der Waals surface area contributed by atoms with Crippen LogP contribution in [0.2, 0.25) is 0 Å². The van der Waals surface area contributed by atoms with Gasteiger partial charge < -0.3 is 9.64 Å². The Hall–Kier alpha value is -0.520. The Labute approximate surface area is 183 Å². The SMILES string of the molecule is CCCCCCCC(CCCCC)CN1CCC(OCC#CC(C)CCC)CC1. The summed E-state index contributed by atoms with van der Waals surface area (Å²) in [7, 11) is 0. The zero-order valence-electron chi connectivity index (χ0n) is 20.3. The fraction of sp³-hybridized carbons (Fsp3) is 0.926. The third-order valence-electron chi connectivity index (χ3n) is 6.44. The van der Waals surface area contributed by atoms with Gasteiger partial charge in [0, 0.05) is 25.6 Å². The van der Waals surface area contributed by atoms with Crippen LogP contribution in [0.15, 0.2) is 0 Å². The smallest absolute Gasteiger partial charge is 0.108 e. The highest BCUT2D eigenvalue weighted by Crippen LogP contribution is 2.22. The molecule has 1 fully saturated rings. The van der Waals surface area contributed by atoms with Gasteiger partial charge in [-0.05, 0) is 38.0 Å². The Kier molecular flexibility index (Phi) is 16.7. The molecule has 0 radical (unpaired) electrons. The molecule has 1 aliphatic rings. The zero-order chi connectivity index (χ0) is 21.2. The van der Waals surface area contributed by atoms with Gasteiger partial charge in [0.2, 0.25) is 0 Å². The van der Waals surface area contributed by atoms with Crippen LogP contribution in [0, 0.1) is 23.7 Å². The molecule has 2 unspecified atom stereocenters. The van der Waals surface area contributed by atoms with Crippen molar-refractivity contribution in [2.75, 3.05) is 26.2 Å². The minimum atomic E-state index is 0.426. The second kappa shape index (κ2) is 18.3. The molecule has 1 aliphatic heterocycles. The quantitative estimate of drug-likeness (QED) is 0.195. The number of unbranched alkanes of at least 4 members (excludes halogenated alkanes) is 6. The van der Waals surface area contributed by atoms with E-state index in [-0.39, 0.29) is 0 Å². The van der Waals surface area contributed by atoms with Gasteiger partial charge in [-0.2, -0.15) is 0 Å². The minimum absolute atomic E-state index is 0.426. The first-order chi connectivity index (χ1) is 14.2. The van der Waals surface area contributed by atoms with Crippen LogP contribution in [0.5, 0.6) is 0 Å². The first kappa shape index (κ1) is 26.5. The lowest BCUT2D eigenvalue weighted by molar-refractivity contribution is 0.0200. The summed E-state index contributed by atoms with van der Waals surface area (Å²) in [5.74, 6) is 7.99. The van der Waals surface area contributed by atoms with Gasteiger partial charge in [-0.25, -0.2) is 0 Å². The summed E-state index contributed by atoms with van der Waals surface area (Å²) in [5, 5.41) is 0. The van der Waals surface area contributed by atoms with Gasteiger partial charge in [-0.3, -0.25) is 0 Å². The number of nitrogens with zero attached hydrogens (tertiary/aromatic N) is 1. The fourth-order valence-electron chi connectivity index (χ4n) is 4.55. The van der Waals surface area contributed by atoms with Gasteiger partial charge in [0.1, 0.15) is 6.61 Å². The molecule has 0 amide bonds. The van der Waals surface area contributed by atoms with E-state index < -0.39 is 0 Å². The predicted molar refractivity (Wildman–Crippen MR) is 128 cm³/mol. The maximum atomic E-state index is 6.05. The first-order valence-electron chi connectivity index (χ1n) is 13.0. The van der Waals surface area contributed by atoms with Crippen molar-refractivity contribution in [3.05, 3.63) is 0 Å². The second-order valence-corrected chi connectivity index (χ2v) is 9.39. The molecule has 170 valence electrons. The summed E-state index contributed by atoms with van der Waals surface area (Å²) in [4.78, 5) is 2.72. The van der Waals surface area contributed by atoms with Crippen LogP contribution < -0.4 is 0 Å². The maximum absolute atomic E-state index is 6.05. The number of ether oxygens (including phenoxy) is 1. The molecule has 0 aromatic carbocycles. The van der Waals surface area contributed by atoms with Gasteiger partial charge in [-0.1, -0.05) is 97.3 Å². The molecule has 0 spiro atoms. The standard InChI is InChI=1S/C27H51NO/c1-5-8-10-11-13-18-26(17-12-9-6-2)24-28-21-19-27(20-22-28)29-23-14-16-25(4)15-7-3/h25-27H,5-13,15,17-24H2,1-4H3. The number of hydrogen-bond donors (Lipinski definition) is 0. The van der Waals surface area contributed by atoms with Crippen LogP contribution >= 0.6 is 0 Å². The Bertz CT molecular complexity index is 416. The molecule has 1 saturated heterocycles. The molecule has 2 heteroatoms. The third kappa shape index (κ3) is 14.2. The largest absolute Gasteiger partial charge is 0.365 e. The topological polar surface area (TPSA) is 12.5 Å². The highest BCUT2D eigenvalue weighted by Gasteiger charge is 2.21. The van der Waals surface area contributed by atoms with Crippen LogP contribution in [0.3, 0.4) is 0 Å². The monoisotopic (exact) mass is 405 g/mol. The number of hydrogen-bond acceptors (Lipinski definition) is 2. The molecule has 0 aliphatic carbocycles. The Balaban J connectivity index is 2.26. The van der Waals surface area contributed by atoms with Gasteiger partial charge in [0.25, 0.3) is 0 Å². The van der Waals surface area contributed by atoms with Crippen molar-refractivity contribution in [1.29, 1.82) is 0 Å². The summed E-state index contributed by atoms with van der Waals surface area (Å²) in [6.07, 6.45) is 19.3. The first-order valence-corrected chi connectivity index (χ1v) is 13.0. The molecule has 2 atom stereocenters. The normalized spacial score (nSPS) is 17.7. The van der Waals surface area contributed by atoms with E-state index in [9.17, 15) is 0 Å². The molecule has 1 rings (SSSR count). The van der Waals surface area contributed by atoms with Gasteiger partial charge in [-0.15, -0.1) is 0 Å². The van der Waals surface area contributed by atoms with E-state index in [4.69, 9.17) is 4.74 Å². The average molecular weight is 406 g/mol. The summed E-state index contributed by atoms with van der Waals surface area (Å²) in [5.41, 5.74) is 0. The van der Waals surface area contributed by atoms with E-state index in [0.29, 0.717) is 18.6 Å². The van der Waals surface area contributed by atoms with Crippen LogP contribution in [0.1, 0.15) is 118 Å². The van der Waals surface area contributed by atoms with Crippen LogP contribution in [-0.2, 0) is 4.74 Å². The van der Waals surface area contributed by atoms with Gasteiger partial charge in [0.05, 0.1) is 6.10 Å². The molecule has 0 bridgehead atoms. The molecule has 0 saturated carbocycles. The third-order valence-corrected chi connectivity index (χ3v) is 6.44. The predicted octanol–water partition coefficient (Wildman–Crippen LogP) is 7.46. The molecule has 29 heavy (non-hydrogen) atoms. The van der Waals surface area contributed by atoms with E-state index in [1.165, 1.54) is 110 Å². The van der Waals surface area contributed by atoms with Crippen LogP contribution in [-0.4, -0.2) is 37.2 Å². The summed E-state index contributed by atoms with van der Waals surface area (Å²) >= 11 is 0. The van der Waals surface area contributed by atoms with E-state index in [0.717, 1.165) is 5.92 Å². The molecule has 1 heterocycles. The van der Waals surface area contributed by atoms with Crippen molar-refractivity contribution in [2.45, 2.75) is 124 Å². The van der Waals surface area contributed by atoms with Crippen molar-refractivity contribution in [3.63, 3.8) is 0 Å². The number of piperidine rings is 1. The van der Waals surface area contributed by atoms with Crippen molar-refractivity contribution in [1.82, 2.24) is 4.90 Å². The summed E-state index contributed by atoms with van der Waals surface area (Å²) in [6.45, 7) is 13.4. The highest BCUT2D eigenvalue weighted by atomic mass is 16.5. The highest BCUT2D eigenvalue weighted by molar-refractivity contribution is 5.02. The molecule has 0 aromatic heterocycles. The lowest BCUT2D eigenvalue weighted by Crippen LogP contribution is -2.39. The summed E-state index contributed by atoms with van der Waals surface area (Å²) in [6, 6.07) is 0. The Morgan fingerprint density at radius 2 is 1.45 bits per heavy atom. The van der Waals surface area contributed by atoms with E-state index in [1.54, 1.807) is 0 Å². The van der Waals surface area contributed by atoms with Crippen molar-refractivity contribution < 1.29 is 4.74 Å². The molecule has 2 nitrogen and oxygen atoms in total. The number of rotatable bonds is 16. The molecule has 0 N–H and O–H groups in total. The molecule has 0 aromatic rings. The molecular weight excluding hydrogens is 354 g/mol. The van der Waals surface area contributed by atoms with E-state index >= 15 is 0 Å². The minimum Gasteiger partial charge on any atom is -0.365 e. The van der Waals surface area contributed by atoms with Crippen LogP contribution in [0.25, 0.3) is 0 Å². The second-order valence-electron chi connectivity index (χ2n) is 9.39. The van der Waals surface area contributed by atoms with Gasteiger partial charge in [0.15, 0.2) is 0 Å². The Morgan fingerprint density at radius 1 is 0.828 bits per heavy atom. The van der Waals surface area contributed by atoms with Crippen molar-refractivity contribution >= 4 is 0 Å². The van der Waals surface area contributed by atoms with Crippen molar-refractivity contribution in [2.24, 2.45) is 11.8 Å². The lowest BCUT2D eigenvalue weighted by atomic mass is 9.93.